The van der Waals surface area contributed by atoms with Crippen LogP contribution in [0.4, 0.5) is 0 Å². The van der Waals surface area contributed by atoms with E-state index in [1.165, 1.54) is 0 Å². The zero-order valence-electron chi connectivity index (χ0n) is 12.1. The van der Waals surface area contributed by atoms with E-state index in [1.807, 2.05) is 6.92 Å². The third-order valence-corrected chi connectivity index (χ3v) is 6.32. The van der Waals surface area contributed by atoms with Gasteiger partial charge < -0.3 is 14.9 Å². The molecular weight excluding hydrogens is 292 g/mol. The van der Waals surface area contributed by atoms with Crippen molar-refractivity contribution in [1.29, 1.82) is 0 Å². The summed E-state index contributed by atoms with van der Waals surface area (Å²) in [5.41, 5.74) is 0. The molecular formula is C14H20N2O4S. The molecule has 116 valence electrons. The highest BCUT2D eigenvalue weighted by molar-refractivity contribution is 8.01. The van der Waals surface area contributed by atoms with Crippen LogP contribution in [0.25, 0.3) is 0 Å². The molecule has 0 aromatic rings. The summed E-state index contributed by atoms with van der Waals surface area (Å²) in [5, 5.41) is 9.13. The minimum Gasteiger partial charge on any atom is -0.481 e. The number of hydrogen-bond acceptors (Lipinski definition) is 4. The summed E-state index contributed by atoms with van der Waals surface area (Å²) in [6, 6.07) is -0.414. The van der Waals surface area contributed by atoms with Crippen LogP contribution < -0.4 is 0 Å². The van der Waals surface area contributed by atoms with Crippen molar-refractivity contribution < 1.29 is 19.5 Å². The van der Waals surface area contributed by atoms with E-state index in [4.69, 9.17) is 5.11 Å². The topological polar surface area (TPSA) is 77.9 Å². The van der Waals surface area contributed by atoms with Crippen molar-refractivity contribution in [3.63, 3.8) is 0 Å². The summed E-state index contributed by atoms with van der Waals surface area (Å²) in [4.78, 5) is 39.1. The normalized spacial score (nSPS) is 36.0. The Morgan fingerprint density at radius 1 is 1.43 bits per heavy atom. The summed E-state index contributed by atoms with van der Waals surface area (Å²) in [7, 11) is 0. The number of thioether (sulfide) groups is 1. The van der Waals surface area contributed by atoms with Crippen molar-refractivity contribution >= 4 is 29.5 Å². The Kier molecular flexibility index (Phi) is 3.63. The Hall–Kier alpha value is -1.24. The number of nitrogens with zero attached hydrogens (tertiary/aromatic N) is 2. The smallest absolute Gasteiger partial charge is 0.308 e. The number of fused-ring (bicyclic) bond motifs is 1. The van der Waals surface area contributed by atoms with Crippen molar-refractivity contribution in [2.45, 2.75) is 43.5 Å². The molecule has 2 unspecified atom stereocenters. The third-order valence-electron chi connectivity index (χ3n) is 4.81. The van der Waals surface area contributed by atoms with Crippen molar-refractivity contribution in [1.82, 2.24) is 9.80 Å². The van der Waals surface area contributed by atoms with E-state index < -0.39 is 17.9 Å². The predicted molar refractivity (Wildman–Crippen MR) is 77.7 cm³/mol. The van der Waals surface area contributed by atoms with Crippen LogP contribution in [0.2, 0.25) is 0 Å². The molecule has 7 heteroatoms. The van der Waals surface area contributed by atoms with Gasteiger partial charge >= 0.3 is 5.97 Å². The lowest BCUT2D eigenvalue weighted by molar-refractivity contribution is -0.149. The molecule has 6 nitrogen and oxygen atoms in total. The van der Waals surface area contributed by atoms with E-state index in [-0.39, 0.29) is 23.2 Å². The molecule has 3 aliphatic heterocycles. The fourth-order valence-electron chi connectivity index (χ4n) is 3.59. The molecule has 2 amide bonds. The minimum atomic E-state index is -0.838. The molecule has 0 spiro atoms. The molecule has 0 bridgehead atoms. The van der Waals surface area contributed by atoms with Crippen LogP contribution in [0.15, 0.2) is 0 Å². The van der Waals surface area contributed by atoms with Gasteiger partial charge in [0.15, 0.2) is 0 Å². The van der Waals surface area contributed by atoms with Crippen LogP contribution in [0.3, 0.4) is 0 Å². The Balaban J connectivity index is 1.73. The summed E-state index contributed by atoms with van der Waals surface area (Å²) in [6.45, 7) is 2.89. The van der Waals surface area contributed by atoms with Crippen molar-refractivity contribution in [3.8, 4) is 0 Å². The minimum absolute atomic E-state index is 0.0487. The predicted octanol–water partition coefficient (Wildman–Crippen LogP) is 0.764. The number of carboxylic acid groups (broad SMARTS) is 1. The van der Waals surface area contributed by atoms with Gasteiger partial charge in [-0.1, -0.05) is 0 Å². The number of likely N-dealkylation sites (tertiary alicyclic amines) is 1. The number of carbonyl (C=O) groups is 3. The summed E-state index contributed by atoms with van der Waals surface area (Å²) in [6.07, 6.45) is 2.63. The number of carboxylic acids is 1. The maximum absolute atomic E-state index is 12.7. The number of aliphatic carboxylic acids is 1. The molecule has 0 aromatic carbocycles. The lowest BCUT2D eigenvalue weighted by atomic mass is 9.97. The number of rotatable bonds is 2. The molecule has 1 N–H and O–H groups in total. The second-order valence-electron chi connectivity index (χ2n) is 6.23. The quantitative estimate of drug-likeness (QED) is 0.814. The highest BCUT2D eigenvalue weighted by Crippen LogP contribution is 2.47. The first-order valence-electron chi connectivity index (χ1n) is 7.40. The van der Waals surface area contributed by atoms with E-state index in [9.17, 15) is 14.4 Å². The lowest BCUT2D eigenvalue weighted by Gasteiger charge is -2.36. The van der Waals surface area contributed by atoms with E-state index >= 15 is 0 Å². The number of piperidine rings is 1. The SMILES string of the molecule is CC12CCC(=O)N1C(C(=O)N1CCC[C@@H](C(=O)O)C1)CS2. The van der Waals surface area contributed by atoms with Crippen molar-refractivity contribution in [2.24, 2.45) is 5.92 Å². The first-order valence-corrected chi connectivity index (χ1v) is 8.39. The summed E-state index contributed by atoms with van der Waals surface area (Å²) >= 11 is 1.67. The molecule has 3 saturated heterocycles. The Morgan fingerprint density at radius 3 is 2.90 bits per heavy atom. The van der Waals surface area contributed by atoms with Gasteiger partial charge in [-0.3, -0.25) is 14.4 Å². The fraction of sp³-hybridized carbons (Fsp3) is 0.786. The molecule has 0 aromatic heterocycles. The monoisotopic (exact) mass is 312 g/mol. The third kappa shape index (κ3) is 2.41. The van der Waals surface area contributed by atoms with Crippen LogP contribution in [-0.4, -0.2) is 62.4 Å². The van der Waals surface area contributed by atoms with Gasteiger partial charge in [-0.2, -0.15) is 0 Å². The average molecular weight is 312 g/mol. The molecule has 0 aliphatic carbocycles. The van der Waals surface area contributed by atoms with Gasteiger partial charge in [0.25, 0.3) is 0 Å². The van der Waals surface area contributed by atoms with E-state index in [0.29, 0.717) is 31.6 Å². The highest BCUT2D eigenvalue weighted by atomic mass is 32.2. The molecule has 3 fully saturated rings. The fourth-order valence-corrected chi connectivity index (χ4v) is 5.02. The molecule has 3 heterocycles. The zero-order valence-corrected chi connectivity index (χ0v) is 12.9. The Morgan fingerprint density at radius 2 is 2.19 bits per heavy atom. The van der Waals surface area contributed by atoms with Gasteiger partial charge in [-0.25, -0.2) is 0 Å². The van der Waals surface area contributed by atoms with Crippen molar-refractivity contribution in [2.75, 3.05) is 18.8 Å². The van der Waals surface area contributed by atoms with Gasteiger partial charge in [0.2, 0.25) is 11.8 Å². The van der Waals surface area contributed by atoms with Crippen molar-refractivity contribution in [3.05, 3.63) is 0 Å². The Labute approximate surface area is 127 Å². The van der Waals surface area contributed by atoms with Gasteiger partial charge in [0.05, 0.1) is 10.8 Å². The molecule has 0 saturated carbocycles. The van der Waals surface area contributed by atoms with Crippen LogP contribution in [0.1, 0.15) is 32.6 Å². The van der Waals surface area contributed by atoms with E-state index in [2.05, 4.69) is 0 Å². The summed E-state index contributed by atoms with van der Waals surface area (Å²) in [5.74, 6) is -0.720. The maximum atomic E-state index is 12.7. The van der Waals surface area contributed by atoms with Gasteiger partial charge in [0, 0.05) is 25.3 Å². The second kappa shape index (κ2) is 5.19. The molecule has 0 radical (unpaired) electrons. The number of carbonyl (C=O) groups excluding carboxylic acids is 2. The number of hydrogen-bond donors (Lipinski definition) is 1. The Bertz CT molecular complexity index is 497. The number of amides is 2. The molecule has 3 atom stereocenters. The highest BCUT2D eigenvalue weighted by Gasteiger charge is 2.53. The zero-order chi connectivity index (χ0) is 15.2. The molecule has 3 aliphatic rings. The first kappa shape index (κ1) is 14.7. The first-order chi connectivity index (χ1) is 9.92. The molecule has 3 rings (SSSR count). The van der Waals surface area contributed by atoms with E-state index in [0.717, 1.165) is 6.42 Å². The van der Waals surface area contributed by atoms with Gasteiger partial charge in [-0.15, -0.1) is 11.8 Å². The standard InChI is InChI=1S/C14H20N2O4S/c1-14-5-4-11(17)16(14)10(8-21-14)12(18)15-6-2-3-9(7-15)13(19)20/h9-10H,2-8H2,1H3,(H,19,20)/t9-,10?,14?/m1/s1. The average Bonchev–Trinajstić information content (AvgIpc) is 2.95. The summed E-state index contributed by atoms with van der Waals surface area (Å²) < 4.78 is 0. The van der Waals surface area contributed by atoms with Crippen LogP contribution >= 0.6 is 11.8 Å². The van der Waals surface area contributed by atoms with Crippen LogP contribution in [0, 0.1) is 5.92 Å². The molecule has 21 heavy (non-hydrogen) atoms. The van der Waals surface area contributed by atoms with Gasteiger partial charge in [-0.05, 0) is 26.2 Å². The maximum Gasteiger partial charge on any atom is 0.308 e. The van der Waals surface area contributed by atoms with E-state index in [1.54, 1.807) is 21.6 Å². The lowest BCUT2D eigenvalue weighted by Crippen LogP contribution is -2.53. The van der Waals surface area contributed by atoms with Gasteiger partial charge in [0.1, 0.15) is 6.04 Å². The van der Waals surface area contributed by atoms with Crippen LogP contribution in [-0.2, 0) is 14.4 Å². The largest absolute Gasteiger partial charge is 0.481 e. The van der Waals surface area contributed by atoms with Crippen LogP contribution in [0.5, 0.6) is 0 Å². The second-order valence-corrected chi connectivity index (χ2v) is 7.73.